The van der Waals surface area contributed by atoms with Gasteiger partial charge in [-0.05, 0) is 77.5 Å². The Bertz CT molecular complexity index is 1260. The van der Waals surface area contributed by atoms with E-state index < -0.39 is 0 Å². The van der Waals surface area contributed by atoms with E-state index in [1.807, 2.05) is 36.4 Å². The lowest BCUT2D eigenvalue weighted by Gasteiger charge is -2.06. The summed E-state index contributed by atoms with van der Waals surface area (Å²) in [7, 11) is 0. The fourth-order valence-corrected chi connectivity index (χ4v) is 3.58. The van der Waals surface area contributed by atoms with Crippen LogP contribution in [0.5, 0.6) is 5.75 Å². The van der Waals surface area contributed by atoms with E-state index >= 15 is 0 Å². The van der Waals surface area contributed by atoms with Crippen molar-refractivity contribution in [2.75, 3.05) is 0 Å². The van der Waals surface area contributed by atoms with E-state index in [9.17, 15) is 4.79 Å². The fraction of sp³-hybridized carbons (Fsp3) is 0.0417. The van der Waals surface area contributed by atoms with Gasteiger partial charge in [0, 0.05) is 10.0 Å². The Morgan fingerprint density at radius 1 is 0.933 bits per heavy atom. The lowest BCUT2D eigenvalue weighted by Crippen LogP contribution is -1.94. The van der Waals surface area contributed by atoms with Crippen molar-refractivity contribution < 1.29 is 13.9 Å². The van der Waals surface area contributed by atoms with Crippen LogP contribution in [0.25, 0.3) is 16.8 Å². The summed E-state index contributed by atoms with van der Waals surface area (Å²) in [6.45, 7) is 0.288. The van der Waals surface area contributed by atoms with Gasteiger partial charge in [-0.25, -0.2) is 0 Å². The molecule has 1 aromatic heterocycles. The Morgan fingerprint density at radius 2 is 1.73 bits per heavy atom. The Labute approximate surface area is 192 Å². The fourth-order valence-electron chi connectivity index (χ4n) is 2.90. The number of carbonyl (C=O) groups excluding carboxylic acids is 1. The van der Waals surface area contributed by atoms with E-state index in [0.717, 1.165) is 21.0 Å². The van der Waals surface area contributed by atoms with Gasteiger partial charge in [0.2, 0.25) is 0 Å². The van der Waals surface area contributed by atoms with Crippen molar-refractivity contribution in [1.29, 1.82) is 0 Å². The number of furan rings is 1. The van der Waals surface area contributed by atoms with Crippen LogP contribution in [0.3, 0.4) is 0 Å². The molecular formula is C24H15BrCl2O3. The molecule has 4 rings (SSSR count). The average molecular weight is 502 g/mol. The molecule has 3 aromatic carbocycles. The van der Waals surface area contributed by atoms with Crippen molar-refractivity contribution in [3.63, 3.8) is 0 Å². The monoisotopic (exact) mass is 500 g/mol. The van der Waals surface area contributed by atoms with Gasteiger partial charge in [0.1, 0.15) is 23.9 Å². The molecular weight excluding hydrogens is 487 g/mol. The molecule has 0 unspecified atom stereocenters. The van der Waals surface area contributed by atoms with Crippen LogP contribution < -0.4 is 4.74 Å². The number of carbonyl (C=O) groups is 1. The first-order valence-corrected chi connectivity index (χ1v) is 10.6. The van der Waals surface area contributed by atoms with Gasteiger partial charge in [-0.2, -0.15) is 0 Å². The van der Waals surface area contributed by atoms with Gasteiger partial charge >= 0.3 is 0 Å². The topological polar surface area (TPSA) is 39.4 Å². The van der Waals surface area contributed by atoms with Crippen molar-refractivity contribution in [3.05, 3.63) is 104 Å². The highest BCUT2D eigenvalue weighted by Crippen LogP contribution is 2.25. The molecule has 0 saturated carbocycles. The summed E-state index contributed by atoms with van der Waals surface area (Å²) in [6.07, 6.45) is 3.05. The standard InChI is InChI=1S/C24H15BrCl2O3/c25-18-4-1-16-12-20(5-2-15(16)11-18)29-14-21-7-6-19(30-21)8-10-24(28)17-3-9-22(26)23(27)13-17/h1-13H,14H2/b10-8+. The van der Waals surface area contributed by atoms with Crippen LogP contribution in [0.15, 0.2) is 81.7 Å². The highest BCUT2D eigenvalue weighted by molar-refractivity contribution is 9.10. The number of hydrogen-bond acceptors (Lipinski definition) is 3. The molecule has 0 atom stereocenters. The lowest BCUT2D eigenvalue weighted by atomic mass is 10.1. The van der Waals surface area contributed by atoms with Gasteiger partial charge in [-0.15, -0.1) is 0 Å². The maximum absolute atomic E-state index is 12.3. The normalized spacial score (nSPS) is 11.3. The number of benzene rings is 3. The first-order valence-electron chi connectivity index (χ1n) is 9.06. The van der Waals surface area contributed by atoms with Crippen LogP contribution in [0, 0.1) is 0 Å². The van der Waals surface area contributed by atoms with Gasteiger partial charge in [-0.1, -0.05) is 51.3 Å². The summed E-state index contributed by atoms with van der Waals surface area (Å²) in [4.78, 5) is 12.3. The highest BCUT2D eigenvalue weighted by Gasteiger charge is 2.07. The Balaban J connectivity index is 1.39. The minimum atomic E-state index is -0.189. The zero-order chi connectivity index (χ0) is 21.1. The van der Waals surface area contributed by atoms with Gasteiger partial charge < -0.3 is 9.15 Å². The molecule has 1 heterocycles. The second kappa shape index (κ2) is 9.09. The Hall–Kier alpha value is -2.53. The second-order valence-corrected chi connectivity index (χ2v) is 8.30. The number of halogens is 3. The first-order chi connectivity index (χ1) is 14.5. The minimum absolute atomic E-state index is 0.189. The van der Waals surface area contributed by atoms with Crippen LogP contribution in [-0.4, -0.2) is 5.78 Å². The molecule has 0 spiro atoms. The molecule has 0 aliphatic carbocycles. The van der Waals surface area contributed by atoms with Crippen molar-refractivity contribution in [1.82, 2.24) is 0 Å². The molecule has 0 aliphatic heterocycles. The third kappa shape index (κ3) is 4.96. The molecule has 0 N–H and O–H groups in total. The van der Waals surface area contributed by atoms with Gasteiger partial charge in [0.05, 0.1) is 10.0 Å². The molecule has 4 aromatic rings. The second-order valence-electron chi connectivity index (χ2n) is 6.57. The molecule has 0 radical (unpaired) electrons. The molecule has 0 aliphatic rings. The Kier molecular flexibility index (Phi) is 6.28. The van der Waals surface area contributed by atoms with Crippen LogP contribution in [-0.2, 0) is 6.61 Å². The smallest absolute Gasteiger partial charge is 0.186 e. The molecule has 3 nitrogen and oxygen atoms in total. The van der Waals surface area contributed by atoms with E-state index in [2.05, 4.69) is 22.0 Å². The third-order valence-corrected chi connectivity index (χ3v) is 5.67. The molecule has 0 bridgehead atoms. The molecule has 30 heavy (non-hydrogen) atoms. The van der Waals surface area contributed by atoms with E-state index in [1.54, 1.807) is 30.3 Å². The van der Waals surface area contributed by atoms with Crippen molar-refractivity contribution >= 4 is 61.8 Å². The summed E-state index contributed by atoms with van der Waals surface area (Å²) < 4.78 is 12.6. The molecule has 150 valence electrons. The largest absolute Gasteiger partial charge is 0.486 e. The molecule has 6 heteroatoms. The quantitative estimate of drug-likeness (QED) is 0.198. The summed E-state index contributed by atoms with van der Waals surface area (Å²) >= 11 is 15.3. The zero-order valence-corrected chi connectivity index (χ0v) is 18.7. The number of ketones is 1. The number of allylic oxidation sites excluding steroid dienone is 1. The summed E-state index contributed by atoms with van der Waals surface area (Å²) in [5.74, 6) is 1.79. The number of hydrogen-bond donors (Lipinski definition) is 0. The van der Waals surface area contributed by atoms with E-state index in [4.69, 9.17) is 32.4 Å². The van der Waals surface area contributed by atoms with Crippen LogP contribution in [0.2, 0.25) is 10.0 Å². The SMILES string of the molecule is O=C(/C=C/c1ccc(COc2ccc3cc(Br)ccc3c2)o1)c1ccc(Cl)c(Cl)c1. The summed E-state index contributed by atoms with van der Waals surface area (Å²) in [5.41, 5.74) is 0.457. The van der Waals surface area contributed by atoms with Gasteiger partial charge in [0.15, 0.2) is 5.78 Å². The lowest BCUT2D eigenvalue weighted by molar-refractivity contribution is 0.104. The van der Waals surface area contributed by atoms with Crippen LogP contribution in [0.4, 0.5) is 0 Å². The predicted octanol–water partition coefficient (Wildman–Crippen LogP) is 7.98. The summed E-state index contributed by atoms with van der Waals surface area (Å²) in [6, 6.07) is 20.4. The molecule has 0 fully saturated rings. The van der Waals surface area contributed by atoms with Crippen molar-refractivity contribution in [2.45, 2.75) is 6.61 Å². The van der Waals surface area contributed by atoms with Crippen molar-refractivity contribution in [2.24, 2.45) is 0 Å². The van der Waals surface area contributed by atoms with Crippen LogP contribution in [0.1, 0.15) is 21.9 Å². The van der Waals surface area contributed by atoms with Gasteiger partial charge in [-0.3, -0.25) is 4.79 Å². The Morgan fingerprint density at radius 3 is 2.57 bits per heavy atom. The number of ether oxygens (including phenoxy) is 1. The van der Waals surface area contributed by atoms with Crippen molar-refractivity contribution in [3.8, 4) is 5.75 Å². The predicted molar refractivity (Wildman–Crippen MR) is 125 cm³/mol. The summed E-state index contributed by atoms with van der Waals surface area (Å²) in [5, 5.41) is 2.98. The third-order valence-electron chi connectivity index (χ3n) is 4.44. The maximum atomic E-state index is 12.3. The molecule has 0 saturated heterocycles. The number of rotatable bonds is 6. The highest BCUT2D eigenvalue weighted by atomic mass is 79.9. The number of fused-ring (bicyclic) bond motifs is 1. The van der Waals surface area contributed by atoms with Gasteiger partial charge in [0.25, 0.3) is 0 Å². The first kappa shape index (κ1) is 20.7. The molecule has 0 amide bonds. The van der Waals surface area contributed by atoms with Crippen LogP contribution >= 0.6 is 39.1 Å². The zero-order valence-electron chi connectivity index (χ0n) is 15.6. The average Bonchev–Trinajstić information content (AvgIpc) is 3.20. The van der Waals surface area contributed by atoms with E-state index in [-0.39, 0.29) is 12.4 Å². The van der Waals surface area contributed by atoms with E-state index in [1.165, 1.54) is 6.08 Å². The maximum Gasteiger partial charge on any atom is 0.186 e. The minimum Gasteiger partial charge on any atom is -0.486 e. The van der Waals surface area contributed by atoms with E-state index in [0.29, 0.717) is 27.1 Å².